The van der Waals surface area contributed by atoms with Crippen LogP contribution in [0.3, 0.4) is 0 Å². The Morgan fingerprint density at radius 1 is 1.38 bits per heavy atom. The molecule has 0 unspecified atom stereocenters. The van der Waals surface area contributed by atoms with Gasteiger partial charge in [0.1, 0.15) is 6.07 Å². The maximum absolute atomic E-state index is 12.4. The SMILES string of the molecule is CCC(CC)(CN)NS(=O)(=O)c1ccc(Cl)c(C#N)c1.Cl. The van der Waals surface area contributed by atoms with E-state index in [4.69, 9.17) is 22.6 Å². The van der Waals surface area contributed by atoms with Gasteiger partial charge in [-0.1, -0.05) is 25.4 Å². The number of hydrogen-bond acceptors (Lipinski definition) is 4. The van der Waals surface area contributed by atoms with Crippen LogP contribution in [0.4, 0.5) is 0 Å². The highest BCUT2D eigenvalue weighted by Crippen LogP contribution is 2.22. The molecule has 118 valence electrons. The van der Waals surface area contributed by atoms with E-state index in [1.54, 1.807) is 0 Å². The summed E-state index contributed by atoms with van der Waals surface area (Å²) in [5.41, 5.74) is 5.14. The summed E-state index contributed by atoms with van der Waals surface area (Å²) in [4.78, 5) is 0.0122. The fraction of sp³-hybridized carbons (Fsp3) is 0.462. The standard InChI is InChI=1S/C13H18ClN3O2S.ClH/c1-3-13(4-2,9-16)17-20(18,19)11-5-6-12(14)10(7-11)8-15;/h5-7,17H,3-4,9,16H2,1-2H3;1H. The van der Waals surface area contributed by atoms with Crippen LogP contribution >= 0.6 is 24.0 Å². The molecule has 1 aromatic carbocycles. The second-order valence-electron chi connectivity index (χ2n) is 4.55. The molecule has 0 radical (unpaired) electrons. The summed E-state index contributed by atoms with van der Waals surface area (Å²) in [6, 6.07) is 5.90. The lowest BCUT2D eigenvalue weighted by atomic mass is 9.95. The Morgan fingerprint density at radius 3 is 2.38 bits per heavy atom. The minimum atomic E-state index is -3.74. The Bertz CT molecular complexity index is 615. The molecule has 0 aliphatic heterocycles. The molecule has 21 heavy (non-hydrogen) atoms. The van der Waals surface area contributed by atoms with Crippen LogP contribution in [-0.2, 0) is 10.0 Å². The average molecular weight is 352 g/mol. The number of nitriles is 1. The molecule has 0 saturated carbocycles. The first-order valence-electron chi connectivity index (χ1n) is 6.28. The monoisotopic (exact) mass is 351 g/mol. The predicted octanol–water partition coefficient (Wildman–Crippen LogP) is 2.43. The second-order valence-corrected chi connectivity index (χ2v) is 6.64. The number of rotatable bonds is 6. The van der Waals surface area contributed by atoms with Gasteiger partial charge in [-0.05, 0) is 31.0 Å². The molecule has 0 fully saturated rings. The summed E-state index contributed by atoms with van der Waals surface area (Å²) in [7, 11) is -3.74. The minimum absolute atomic E-state index is 0. The van der Waals surface area contributed by atoms with E-state index in [-0.39, 0.29) is 34.4 Å². The fourth-order valence-corrected chi connectivity index (χ4v) is 3.57. The van der Waals surface area contributed by atoms with Gasteiger partial charge in [-0.25, -0.2) is 13.1 Å². The van der Waals surface area contributed by atoms with E-state index < -0.39 is 15.6 Å². The maximum atomic E-state index is 12.4. The van der Waals surface area contributed by atoms with Gasteiger partial charge in [0.2, 0.25) is 10.0 Å². The van der Waals surface area contributed by atoms with Crippen molar-refractivity contribution in [2.75, 3.05) is 6.54 Å². The third-order valence-corrected chi connectivity index (χ3v) is 5.37. The minimum Gasteiger partial charge on any atom is -0.329 e. The molecular weight excluding hydrogens is 333 g/mol. The Morgan fingerprint density at radius 2 is 1.95 bits per heavy atom. The number of nitrogens with zero attached hydrogens (tertiary/aromatic N) is 1. The lowest BCUT2D eigenvalue weighted by Gasteiger charge is -2.31. The number of nitrogens with two attached hydrogens (primary N) is 1. The molecule has 0 saturated heterocycles. The van der Waals surface area contributed by atoms with Gasteiger partial charge < -0.3 is 5.73 Å². The predicted molar refractivity (Wildman–Crippen MR) is 86.1 cm³/mol. The van der Waals surface area contributed by atoms with E-state index in [0.29, 0.717) is 12.8 Å². The summed E-state index contributed by atoms with van der Waals surface area (Å²) in [5.74, 6) is 0. The number of nitrogens with one attached hydrogen (secondary N) is 1. The normalized spacial score (nSPS) is 11.6. The highest BCUT2D eigenvalue weighted by Gasteiger charge is 2.31. The molecule has 5 nitrogen and oxygen atoms in total. The van der Waals surface area contributed by atoms with Crippen LogP contribution in [0.5, 0.6) is 0 Å². The van der Waals surface area contributed by atoms with Crippen molar-refractivity contribution in [2.45, 2.75) is 37.1 Å². The summed E-state index contributed by atoms with van der Waals surface area (Å²) in [6.07, 6.45) is 1.16. The van der Waals surface area contributed by atoms with Crippen LogP contribution in [0.1, 0.15) is 32.3 Å². The van der Waals surface area contributed by atoms with E-state index in [1.165, 1.54) is 18.2 Å². The smallest absolute Gasteiger partial charge is 0.241 e. The topological polar surface area (TPSA) is 96.0 Å². The van der Waals surface area contributed by atoms with Gasteiger partial charge in [0.25, 0.3) is 0 Å². The summed E-state index contributed by atoms with van der Waals surface area (Å²) in [5, 5.41) is 9.13. The Hall–Kier alpha value is -0.840. The molecule has 1 aromatic rings. The van der Waals surface area contributed by atoms with Crippen molar-refractivity contribution in [3.8, 4) is 6.07 Å². The van der Waals surface area contributed by atoms with Crippen LogP contribution in [0.2, 0.25) is 5.02 Å². The van der Waals surface area contributed by atoms with Crippen LogP contribution in [0.15, 0.2) is 23.1 Å². The van der Waals surface area contributed by atoms with Gasteiger partial charge in [-0.3, -0.25) is 0 Å². The summed E-state index contributed by atoms with van der Waals surface area (Å²) < 4.78 is 27.4. The Balaban J connectivity index is 0.00000400. The lowest BCUT2D eigenvalue weighted by Crippen LogP contribution is -2.52. The summed E-state index contributed by atoms with van der Waals surface area (Å²) in [6.45, 7) is 3.96. The molecular formula is C13H19Cl2N3O2S. The maximum Gasteiger partial charge on any atom is 0.241 e. The molecule has 0 atom stereocenters. The molecule has 3 N–H and O–H groups in total. The quantitative estimate of drug-likeness (QED) is 0.822. The van der Waals surface area contributed by atoms with E-state index >= 15 is 0 Å². The molecule has 0 aliphatic carbocycles. The van der Waals surface area contributed by atoms with Gasteiger partial charge in [0.15, 0.2) is 0 Å². The van der Waals surface area contributed by atoms with Crippen molar-refractivity contribution >= 4 is 34.0 Å². The Kier molecular flexibility index (Phi) is 7.65. The van der Waals surface area contributed by atoms with Crippen molar-refractivity contribution < 1.29 is 8.42 Å². The fourth-order valence-electron chi connectivity index (χ4n) is 1.83. The molecule has 8 heteroatoms. The average Bonchev–Trinajstić information content (AvgIpc) is 2.45. The Labute approximate surface area is 136 Å². The molecule has 0 aromatic heterocycles. The van der Waals surface area contributed by atoms with Crippen molar-refractivity contribution in [3.63, 3.8) is 0 Å². The second kappa shape index (κ2) is 7.97. The molecule has 0 amide bonds. The zero-order valence-electron chi connectivity index (χ0n) is 11.9. The third kappa shape index (κ3) is 4.56. The van der Waals surface area contributed by atoms with Crippen LogP contribution in [0.25, 0.3) is 0 Å². The van der Waals surface area contributed by atoms with E-state index in [9.17, 15) is 8.42 Å². The third-order valence-electron chi connectivity index (χ3n) is 3.46. The molecule has 0 spiro atoms. The van der Waals surface area contributed by atoms with Gasteiger partial charge in [-0.2, -0.15) is 5.26 Å². The first-order chi connectivity index (χ1) is 9.34. The van der Waals surface area contributed by atoms with E-state index in [2.05, 4.69) is 4.72 Å². The van der Waals surface area contributed by atoms with Gasteiger partial charge in [0, 0.05) is 12.1 Å². The van der Waals surface area contributed by atoms with Crippen LogP contribution in [-0.4, -0.2) is 20.5 Å². The number of halogens is 2. The molecule has 0 aliphatic rings. The van der Waals surface area contributed by atoms with Crippen LogP contribution in [0, 0.1) is 11.3 Å². The van der Waals surface area contributed by atoms with E-state index in [0.717, 1.165) is 0 Å². The molecule has 0 bridgehead atoms. The zero-order valence-corrected chi connectivity index (χ0v) is 14.3. The number of sulfonamides is 1. The van der Waals surface area contributed by atoms with E-state index in [1.807, 2.05) is 19.9 Å². The van der Waals surface area contributed by atoms with Crippen molar-refractivity contribution in [1.29, 1.82) is 5.26 Å². The zero-order chi connectivity index (χ0) is 15.4. The van der Waals surface area contributed by atoms with Crippen molar-refractivity contribution in [3.05, 3.63) is 28.8 Å². The highest BCUT2D eigenvalue weighted by molar-refractivity contribution is 7.89. The van der Waals surface area contributed by atoms with Crippen molar-refractivity contribution in [1.82, 2.24) is 4.72 Å². The van der Waals surface area contributed by atoms with Gasteiger partial charge in [-0.15, -0.1) is 12.4 Å². The highest BCUT2D eigenvalue weighted by atomic mass is 35.5. The number of hydrogen-bond donors (Lipinski definition) is 2. The van der Waals surface area contributed by atoms with Crippen LogP contribution < -0.4 is 10.5 Å². The number of benzene rings is 1. The molecule has 1 rings (SSSR count). The van der Waals surface area contributed by atoms with Crippen molar-refractivity contribution in [2.24, 2.45) is 5.73 Å². The molecule has 0 heterocycles. The van der Waals surface area contributed by atoms with Gasteiger partial charge >= 0.3 is 0 Å². The lowest BCUT2D eigenvalue weighted by molar-refractivity contribution is 0.363. The first kappa shape index (κ1) is 20.2. The van der Waals surface area contributed by atoms with Gasteiger partial charge in [0.05, 0.1) is 15.5 Å². The largest absolute Gasteiger partial charge is 0.329 e. The summed E-state index contributed by atoms with van der Waals surface area (Å²) >= 11 is 5.80. The first-order valence-corrected chi connectivity index (χ1v) is 8.14.